The fourth-order valence-electron chi connectivity index (χ4n) is 0.938. The standard InChI is InChI=1S/C6H11FO2/c7-6-1-2-9-4-5(6)3-8/h5-6,8H,1-4H2/t5-,6-/m0/s1. The lowest BCUT2D eigenvalue weighted by Gasteiger charge is -2.23. The van der Waals surface area contributed by atoms with Gasteiger partial charge in [-0.05, 0) is 0 Å². The summed E-state index contributed by atoms with van der Waals surface area (Å²) in [7, 11) is 0. The summed E-state index contributed by atoms with van der Waals surface area (Å²) in [6, 6.07) is 0. The van der Waals surface area contributed by atoms with Crippen LogP contribution < -0.4 is 0 Å². The van der Waals surface area contributed by atoms with Gasteiger partial charge in [-0.15, -0.1) is 0 Å². The highest BCUT2D eigenvalue weighted by Gasteiger charge is 2.23. The van der Waals surface area contributed by atoms with Gasteiger partial charge in [0.25, 0.3) is 0 Å². The Kier molecular flexibility index (Phi) is 2.42. The van der Waals surface area contributed by atoms with E-state index in [0.29, 0.717) is 19.6 Å². The number of aliphatic hydroxyl groups excluding tert-OH is 1. The Morgan fingerprint density at radius 1 is 1.67 bits per heavy atom. The van der Waals surface area contributed by atoms with E-state index in [9.17, 15) is 4.39 Å². The number of rotatable bonds is 1. The molecule has 9 heavy (non-hydrogen) atoms. The fraction of sp³-hybridized carbons (Fsp3) is 1.00. The van der Waals surface area contributed by atoms with Crippen molar-refractivity contribution >= 4 is 0 Å². The Bertz CT molecular complexity index is 87.1. The first-order valence-electron chi connectivity index (χ1n) is 3.17. The Morgan fingerprint density at radius 2 is 2.44 bits per heavy atom. The molecule has 0 spiro atoms. The van der Waals surface area contributed by atoms with E-state index in [2.05, 4.69) is 0 Å². The zero-order valence-corrected chi connectivity index (χ0v) is 5.22. The molecule has 0 aromatic carbocycles. The second kappa shape index (κ2) is 3.13. The number of halogens is 1. The minimum Gasteiger partial charge on any atom is -0.396 e. The normalized spacial score (nSPS) is 36.7. The molecule has 0 saturated carbocycles. The van der Waals surface area contributed by atoms with Crippen LogP contribution in [-0.4, -0.2) is 31.1 Å². The van der Waals surface area contributed by atoms with Crippen molar-refractivity contribution in [2.45, 2.75) is 12.6 Å². The molecule has 1 heterocycles. The molecular formula is C6H11FO2. The maximum atomic E-state index is 12.6. The highest BCUT2D eigenvalue weighted by atomic mass is 19.1. The summed E-state index contributed by atoms with van der Waals surface area (Å²) < 4.78 is 17.6. The number of hydrogen-bond donors (Lipinski definition) is 1. The number of alkyl halides is 1. The topological polar surface area (TPSA) is 29.5 Å². The van der Waals surface area contributed by atoms with E-state index in [4.69, 9.17) is 9.84 Å². The van der Waals surface area contributed by atoms with Crippen molar-refractivity contribution in [2.24, 2.45) is 5.92 Å². The Labute approximate surface area is 53.6 Å². The van der Waals surface area contributed by atoms with Gasteiger partial charge in [-0.1, -0.05) is 0 Å². The lowest BCUT2D eigenvalue weighted by molar-refractivity contribution is -0.0198. The molecule has 3 heteroatoms. The second-order valence-corrected chi connectivity index (χ2v) is 2.32. The maximum absolute atomic E-state index is 12.6. The summed E-state index contributed by atoms with van der Waals surface area (Å²) in [4.78, 5) is 0. The van der Waals surface area contributed by atoms with Gasteiger partial charge in [-0.2, -0.15) is 0 Å². The zero-order chi connectivity index (χ0) is 6.69. The quantitative estimate of drug-likeness (QED) is 0.560. The molecule has 1 aliphatic heterocycles. The molecule has 2 atom stereocenters. The van der Waals surface area contributed by atoms with E-state index in [0.717, 1.165) is 0 Å². The van der Waals surface area contributed by atoms with E-state index < -0.39 is 6.17 Å². The molecule has 1 N–H and O–H groups in total. The highest BCUT2D eigenvalue weighted by Crippen LogP contribution is 2.16. The molecule has 0 aromatic rings. The van der Waals surface area contributed by atoms with Crippen LogP contribution in [0.4, 0.5) is 4.39 Å². The molecule has 0 radical (unpaired) electrons. The van der Waals surface area contributed by atoms with Crippen LogP contribution in [0.3, 0.4) is 0 Å². The van der Waals surface area contributed by atoms with Gasteiger partial charge in [0.2, 0.25) is 0 Å². The first-order valence-corrected chi connectivity index (χ1v) is 3.17. The molecule has 1 rings (SSSR count). The molecule has 1 saturated heterocycles. The predicted octanol–water partition coefficient (Wildman–Crippen LogP) is 0.353. The summed E-state index contributed by atoms with van der Waals surface area (Å²) >= 11 is 0. The zero-order valence-electron chi connectivity index (χ0n) is 5.22. The third-order valence-electron chi connectivity index (χ3n) is 1.62. The van der Waals surface area contributed by atoms with Gasteiger partial charge in [0.05, 0.1) is 13.2 Å². The van der Waals surface area contributed by atoms with Crippen LogP contribution in [0.15, 0.2) is 0 Å². The smallest absolute Gasteiger partial charge is 0.110 e. The van der Waals surface area contributed by atoms with Gasteiger partial charge in [-0.25, -0.2) is 4.39 Å². The first-order chi connectivity index (χ1) is 4.34. The first kappa shape index (κ1) is 6.96. The highest BCUT2D eigenvalue weighted by molar-refractivity contribution is 4.71. The third kappa shape index (κ3) is 1.63. The predicted molar refractivity (Wildman–Crippen MR) is 30.9 cm³/mol. The van der Waals surface area contributed by atoms with Gasteiger partial charge < -0.3 is 9.84 Å². The van der Waals surface area contributed by atoms with Crippen molar-refractivity contribution in [1.29, 1.82) is 0 Å². The molecule has 1 aliphatic rings. The number of aliphatic hydroxyl groups is 1. The second-order valence-electron chi connectivity index (χ2n) is 2.32. The van der Waals surface area contributed by atoms with Gasteiger partial charge in [0, 0.05) is 18.9 Å². The molecule has 2 nitrogen and oxygen atoms in total. The Morgan fingerprint density at radius 3 is 2.89 bits per heavy atom. The van der Waals surface area contributed by atoms with Crippen LogP contribution >= 0.6 is 0 Å². The van der Waals surface area contributed by atoms with Crippen molar-refractivity contribution in [2.75, 3.05) is 19.8 Å². The van der Waals surface area contributed by atoms with Crippen molar-refractivity contribution in [3.63, 3.8) is 0 Å². The molecule has 1 fully saturated rings. The van der Waals surface area contributed by atoms with Crippen LogP contribution in [-0.2, 0) is 4.74 Å². The SMILES string of the molecule is OC[C@H]1COCC[C@@H]1F. The Balaban J connectivity index is 2.30. The molecular weight excluding hydrogens is 123 g/mol. The minimum absolute atomic E-state index is 0.0961. The molecule has 0 aliphatic carbocycles. The minimum atomic E-state index is -0.858. The molecule has 0 unspecified atom stereocenters. The molecule has 0 aromatic heterocycles. The van der Waals surface area contributed by atoms with Gasteiger partial charge >= 0.3 is 0 Å². The Hall–Kier alpha value is -0.150. The van der Waals surface area contributed by atoms with Crippen LogP contribution in [0.5, 0.6) is 0 Å². The molecule has 0 bridgehead atoms. The molecule has 0 amide bonds. The van der Waals surface area contributed by atoms with Crippen LogP contribution in [0.2, 0.25) is 0 Å². The van der Waals surface area contributed by atoms with E-state index in [1.807, 2.05) is 0 Å². The van der Waals surface area contributed by atoms with E-state index in [1.165, 1.54) is 0 Å². The largest absolute Gasteiger partial charge is 0.396 e. The summed E-state index contributed by atoms with van der Waals surface area (Å²) in [5.41, 5.74) is 0. The maximum Gasteiger partial charge on any atom is 0.110 e. The van der Waals surface area contributed by atoms with E-state index in [1.54, 1.807) is 0 Å². The van der Waals surface area contributed by atoms with Crippen molar-refractivity contribution in [1.82, 2.24) is 0 Å². The van der Waals surface area contributed by atoms with Gasteiger partial charge in [0.15, 0.2) is 0 Å². The number of ether oxygens (including phenoxy) is 1. The van der Waals surface area contributed by atoms with Crippen molar-refractivity contribution < 1.29 is 14.2 Å². The van der Waals surface area contributed by atoms with Gasteiger partial charge in [0.1, 0.15) is 6.17 Å². The summed E-state index contributed by atoms with van der Waals surface area (Å²) in [5, 5.41) is 8.54. The number of hydrogen-bond acceptors (Lipinski definition) is 2. The average molecular weight is 134 g/mol. The summed E-state index contributed by atoms with van der Waals surface area (Å²) in [5.74, 6) is -0.279. The van der Waals surface area contributed by atoms with Crippen LogP contribution in [0.25, 0.3) is 0 Å². The summed E-state index contributed by atoms with van der Waals surface area (Å²) in [6.45, 7) is 0.774. The van der Waals surface area contributed by atoms with Crippen molar-refractivity contribution in [3.8, 4) is 0 Å². The van der Waals surface area contributed by atoms with E-state index >= 15 is 0 Å². The molecule has 54 valence electrons. The lowest BCUT2D eigenvalue weighted by atomic mass is 10.0. The summed E-state index contributed by atoms with van der Waals surface area (Å²) in [6.07, 6.45) is -0.422. The van der Waals surface area contributed by atoms with Crippen LogP contribution in [0, 0.1) is 5.92 Å². The van der Waals surface area contributed by atoms with E-state index in [-0.39, 0.29) is 12.5 Å². The lowest BCUT2D eigenvalue weighted by Crippen LogP contribution is -2.31. The van der Waals surface area contributed by atoms with Crippen molar-refractivity contribution in [3.05, 3.63) is 0 Å². The van der Waals surface area contributed by atoms with Crippen LogP contribution in [0.1, 0.15) is 6.42 Å². The fourth-order valence-corrected chi connectivity index (χ4v) is 0.938. The van der Waals surface area contributed by atoms with Gasteiger partial charge in [-0.3, -0.25) is 0 Å². The average Bonchev–Trinajstić information content (AvgIpc) is 1.89. The third-order valence-corrected chi connectivity index (χ3v) is 1.62. The monoisotopic (exact) mass is 134 g/mol.